The normalized spacial score (nSPS) is 22.4. The maximum absolute atomic E-state index is 11.7. The van der Waals surface area contributed by atoms with Crippen molar-refractivity contribution in [1.82, 2.24) is 15.3 Å². The van der Waals surface area contributed by atoms with Crippen LogP contribution in [0.15, 0.2) is 10.9 Å². The number of aromatic nitrogens is 2. The molecule has 0 aromatic carbocycles. The number of H-pyrrole nitrogens is 1. The van der Waals surface area contributed by atoms with Crippen molar-refractivity contribution in [2.45, 2.75) is 43.9 Å². The van der Waals surface area contributed by atoms with Gasteiger partial charge in [-0.25, -0.2) is 4.98 Å². The highest BCUT2D eigenvalue weighted by Gasteiger charge is 2.24. The van der Waals surface area contributed by atoms with E-state index >= 15 is 0 Å². The molecule has 1 saturated heterocycles. The lowest BCUT2D eigenvalue weighted by Gasteiger charge is -2.27. The Bertz CT molecular complexity index is 444. The van der Waals surface area contributed by atoms with Crippen molar-refractivity contribution in [3.8, 4) is 0 Å². The third kappa shape index (κ3) is 2.27. The highest BCUT2D eigenvalue weighted by atomic mass is 16.1. The van der Waals surface area contributed by atoms with Gasteiger partial charge in [0.2, 0.25) is 0 Å². The Morgan fingerprint density at radius 1 is 1.12 bits per heavy atom. The Hall–Kier alpha value is -1.16. The zero-order chi connectivity index (χ0) is 11.7. The van der Waals surface area contributed by atoms with Crippen LogP contribution in [-0.2, 0) is 0 Å². The number of nitrogens with zero attached hydrogens (tertiary/aromatic N) is 1. The molecule has 0 spiro atoms. The number of nitrogens with one attached hydrogen (secondary N) is 2. The molecule has 0 atom stereocenters. The molecule has 1 aliphatic heterocycles. The molecule has 2 N–H and O–H groups in total. The van der Waals surface area contributed by atoms with Crippen LogP contribution in [0, 0.1) is 0 Å². The van der Waals surface area contributed by atoms with Crippen molar-refractivity contribution < 1.29 is 0 Å². The van der Waals surface area contributed by atoms with Gasteiger partial charge in [0.15, 0.2) is 0 Å². The number of hydrogen-bond donors (Lipinski definition) is 2. The average molecular weight is 233 g/mol. The second-order valence-electron chi connectivity index (χ2n) is 5.25. The van der Waals surface area contributed by atoms with Crippen molar-refractivity contribution in [3.05, 3.63) is 27.9 Å². The van der Waals surface area contributed by atoms with Crippen molar-refractivity contribution in [3.63, 3.8) is 0 Å². The second-order valence-corrected chi connectivity index (χ2v) is 5.25. The standard InChI is InChI=1S/C13H19N3O/c17-12-6-11(9-4-2-1-3-5-9)15-13(16-12)10-7-14-8-10/h6,9-10,14H,1-5,7-8H2,(H,15,16,17). The predicted molar refractivity (Wildman–Crippen MR) is 66.3 cm³/mol. The zero-order valence-electron chi connectivity index (χ0n) is 10.0. The van der Waals surface area contributed by atoms with Crippen molar-refractivity contribution >= 4 is 0 Å². The first kappa shape index (κ1) is 11.0. The van der Waals surface area contributed by atoms with Crippen molar-refractivity contribution in [1.29, 1.82) is 0 Å². The third-order valence-electron chi connectivity index (χ3n) is 3.97. The van der Waals surface area contributed by atoms with E-state index in [4.69, 9.17) is 0 Å². The molecule has 2 aliphatic rings. The molecule has 0 amide bonds. The Morgan fingerprint density at radius 2 is 1.88 bits per heavy atom. The highest BCUT2D eigenvalue weighted by Crippen LogP contribution is 2.31. The van der Waals surface area contributed by atoms with Gasteiger partial charge in [-0.05, 0) is 12.8 Å². The zero-order valence-corrected chi connectivity index (χ0v) is 10.0. The summed E-state index contributed by atoms with van der Waals surface area (Å²) >= 11 is 0. The van der Waals surface area contributed by atoms with E-state index < -0.39 is 0 Å². The molecule has 2 fully saturated rings. The first-order chi connectivity index (χ1) is 8.33. The summed E-state index contributed by atoms with van der Waals surface area (Å²) in [5, 5.41) is 3.22. The lowest BCUT2D eigenvalue weighted by Crippen LogP contribution is -2.41. The quantitative estimate of drug-likeness (QED) is 0.814. The van der Waals surface area contributed by atoms with Crippen molar-refractivity contribution in [2.24, 2.45) is 0 Å². The summed E-state index contributed by atoms with van der Waals surface area (Å²) in [5.74, 6) is 1.81. The van der Waals surface area contributed by atoms with Crippen LogP contribution in [-0.4, -0.2) is 23.1 Å². The number of hydrogen-bond acceptors (Lipinski definition) is 3. The largest absolute Gasteiger partial charge is 0.315 e. The van der Waals surface area contributed by atoms with Gasteiger partial charge in [0, 0.05) is 31.0 Å². The van der Waals surface area contributed by atoms with Gasteiger partial charge in [0.05, 0.1) is 5.69 Å². The van der Waals surface area contributed by atoms with Gasteiger partial charge in [-0.3, -0.25) is 4.79 Å². The lowest BCUT2D eigenvalue weighted by molar-refractivity contribution is 0.413. The second kappa shape index (κ2) is 4.61. The van der Waals surface area contributed by atoms with E-state index in [9.17, 15) is 4.79 Å². The Balaban J connectivity index is 1.87. The predicted octanol–water partition coefficient (Wildman–Crippen LogP) is 1.50. The Morgan fingerprint density at radius 3 is 2.53 bits per heavy atom. The fourth-order valence-corrected chi connectivity index (χ4v) is 2.78. The van der Waals surface area contributed by atoms with Gasteiger partial charge < -0.3 is 10.3 Å². The molecule has 3 rings (SSSR count). The number of rotatable bonds is 2. The SMILES string of the molecule is O=c1cc(C2CCCCC2)nc(C2CNC2)[nH]1. The molecule has 1 aliphatic carbocycles. The van der Waals surface area contributed by atoms with Crippen LogP contribution in [0.1, 0.15) is 55.5 Å². The summed E-state index contributed by atoms with van der Waals surface area (Å²) in [4.78, 5) is 19.2. The molecule has 4 heteroatoms. The molecule has 17 heavy (non-hydrogen) atoms. The van der Waals surface area contributed by atoms with Crippen LogP contribution in [0.5, 0.6) is 0 Å². The smallest absolute Gasteiger partial charge is 0.251 e. The maximum Gasteiger partial charge on any atom is 0.251 e. The van der Waals surface area contributed by atoms with E-state index in [0.717, 1.165) is 24.6 Å². The summed E-state index contributed by atoms with van der Waals surface area (Å²) in [6.45, 7) is 1.88. The van der Waals surface area contributed by atoms with Crippen LogP contribution in [0.25, 0.3) is 0 Å². The minimum atomic E-state index is 0.0162. The minimum absolute atomic E-state index is 0.0162. The minimum Gasteiger partial charge on any atom is -0.315 e. The maximum atomic E-state index is 11.7. The van der Waals surface area contributed by atoms with Gasteiger partial charge in [0.25, 0.3) is 5.56 Å². The molecule has 1 aromatic rings. The summed E-state index contributed by atoms with van der Waals surface area (Å²) in [6, 6.07) is 1.70. The van der Waals surface area contributed by atoms with Crippen LogP contribution in [0.2, 0.25) is 0 Å². The van der Waals surface area contributed by atoms with E-state index in [0.29, 0.717) is 11.8 Å². The highest BCUT2D eigenvalue weighted by molar-refractivity contribution is 5.13. The summed E-state index contributed by atoms with van der Waals surface area (Å²) in [7, 11) is 0. The molecule has 92 valence electrons. The topological polar surface area (TPSA) is 57.8 Å². The van der Waals surface area contributed by atoms with Crippen LogP contribution < -0.4 is 10.9 Å². The Labute approximate surface area is 101 Å². The van der Waals surface area contributed by atoms with E-state index in [1.165, 1.54) is 32.1 Å². The fourth-order valence-electron chi connectivity index (χ4n) is 2.78. The molecule has 4 nitrogen and oxygen atoms in total. The first-order valence-electron chi connectivity index (χ1n) is 6.65. The molecular formula is C13H19N3O. The van der Waals surface area contributed by atoms with Gasteiger partial charge >= 0.3 is 0 Å². The third-order valence-corrected chi connectivity index (χ3v) is 3.97. The lowest BCUT2D eigenvalue weighted by atomic mass is 9.86. The van der Waals surface area contributed by atoms with E-state index in [-0.39, 0.29) is 5.56 Å². The molecule has 0 bridgehead atoms. The van der Waals surface area contributed by atoms with Gasteiger partial charge in [0.1, 0.15) is 5.82 Å². The van der Waals surface area contributed by atoms with E-state index in [2.05, 4.69) is 15.3 Å². The average Bonchev–Trinajstić information content (AvgIpc) is 2.27. The summed E-state index contributed by atoms with van der Waals surface area (Å²) < 4.78 is 0. The van der Waals surface area contributed by atoms with Crippen LogP contribution in [0.3, 0.4) is 0 Å². The monoisotopic (exact) mass is 233 g/mol. The van der Waals surface area contributed by atoms with Crippen LogP contribution in [0.4, 0.5) is 0 Å². The van der Waals surface area contributed by atoms with Crippen molar-refractivity contribution in [2.75, 3.05) is 13.1 Å². The summed E-state index contributed by atoms with van der Waals surface area (Å²) in [5.41, 5.74) is 1.04. The van der Waals surface area contributed by atoms with Gasteiger partial charge in [-0.1, -0.05) is 19.3 Å². The molecule has 1 saturated carbocycles. The molecule has 2 heterocycles. The van der Waals surface area contributed by atoms with Gasteiger partial charge in [-0.2, -0.15) is 0 Å². The van der Waals surface area contributed by atoms with Crippen LogP contribution >= 0.6 is 0 Å². The molecule has 0 unspecified atom stereocenters. The van der Waals surface area contributed by atoms with E-state index in [1.54, 1.807) is 6.07 Å². The molecule has 1 aromatic heterocycles. The molecular weight excluding hydrogens is 214 g/mol. The first-order valence-corrected chi connectivity index (χ1v) is 6.65. The Kier molecular flexibility index (Phi) is 2.97. The fraction of sp³-hybridized carbons (Fsp3) is 0.692. The van der Waals surface area contributed by atoms with E-state index in [1.807, 2.05) is 0 Å². The molecule has 0 radical (unpaired) electrons. The van der Waals surface area contributed by atoms with Gasteiger partial charge in [-0.15, -0.1) is 0 Å². The summed E-state index contributed by atoms with van der Waals surface area (Å²) in [6.07, 6.45) is 6.27. The number of aromatic amines is 1.